The number of hydrogen-bond acceptors (Lipinski definition) is 3. The molecule has 2 rings (SSSR count). The summed E-state index contributed by atoms with van der Waals surface area (Å²) in [4.78, 5) is 23.3. The van der Waals surface area contributed by atoms with E-state index in [1.54, 1.807) is 30.3 Å². The van der Waals surface area contributed by atoms with Gasteiger partial charge in [0.2, 0.25) is 0 Å². The minimum atomic E-state index is -0.561. The van der Waals surface area contributed by atoms with Gasteiger partial charge in [-0.1, -0.05) is 18.2 Å². The molecule has 0 saturated carbocycles. The van der Waals surface area contributed by atoms with Crippen LogP contribution in [0.4, 0.5) is 5.69 Å². The zero-order chi connectivity index (χ0) is 12.4. The molecule has 0 bridgehead atoms. The highest BCUT2D eigenvalue weighted by Gasteiger charge is 2.29. The number of rotatable bonds is 1. The number of anilines is 1. The maximum Gasteiger partial charge on any atom is 0.262 e. The van der Waals surface area contributed by atoms with E-state index in [-0.39, 0.29) is 11.1 Å². The fourth-order valence-electron chi connectivity index (χ4n) is 1.71. The van der Waals surface area contributed by atoms with Crippen molar-refractivity contribution in [3.8, 4) is 6.07 Å². The minimum absolute atomic E-state index is 0.127. The quantitative estimate of drug-likeness (QED) is 0.546. The molecule has 5 nitrogen and oxygen atoms in total. The standard InChI is InChI=1S/C12H9N3O2/c1-14-11(16)8(6-13)10-7-4-2-3-5-9(7)15-12(10)17/h2-5H,1H3,(H,14,16)(H,15,17). The van der Waals surface area contributed by atoms with Crippen molar-refractivity contribution in [2.75, 3.05) is 12.4 Å². The van der Waals surface area contributed by atoms with Crippen LogP contribution in [0, 0.1) is 11.3 Å². The third-order valence-electron chi connectivity index (χ3n) is 2.49. The molecule has 1 aliphatic rings. The fraction of sp³-hybridized carbons (Fsp3) is 0.0833. The van der Waals surface area contributed by atoms with Crippen molar-refractivity contribution >= 4 is 23.1 Å². The Morgan fingerprint density at radius 1 is 1.41 bits per heavy atom. The van der Waals surface area contributed by atoms with E-state index in [0.717, 1.165) is 0 Å². The second kappa shape index (κ2) is 4.10. The Hall–Kier alpha value is -2.61. The zero-order valence-electron chi connectivity index (χ0n) is 9.07. The summed E-state index contributed by atoms with van der Waals surface area (Å²) in [5, 5.41) is 13.9. The molecular weight excluding hydrogens is 218 g/mol. The predicted octanol–water partition coefficient (Wildman–Crippen LogP) is 0.662. The number of carbonyl (C=O) groups is 2. The molecule has 0 unspecified atom stereocenters. The number of carbonyl (C=O) groups excluding carboxylic acids is 2. The van der Waals surface area contributed by atoms with Gasteiger partial charge in [0.1, 0.15) is 11.6 Å². The van der Waals surface area contributed by atoms with E-state index >= 15 is 0 Å². The molecule has 0 aromatic heterocycles. The average molecular weight is 227 g/mol. The van der Waals surface area contributed by atoms with Crippen LogP contribution in [0.2, 0.25) is 0 Å². The molecular formula is C12H9N3O2. The second-order valence-electron chi connectivity index (χ2n) is 3.44. The lowest BCUT2D eigenvalue weighted by Crippen LogP contribution is -2.21. The monoisotopic (exact) mass is 227 g/mol. The van der Waals surface area contributed by atoms with Crippen LogP contribution in [-0.4, -0.2) is 18.9 Å². The molecule has 2 N–H and O–H groups in total. The van der Waals surface area contributed by atoms with Gasteiger partial charge in [-0.2, -0.15) is 5.26 Å². The summed E-state index contributed by atoms with van der Waals surface area (Å²) in [5.41, 5.74) is 1.15. The molecule has 0 radical (unpaired) electrons. The Bertz CT molecular complexity index is 582. The van der Waals surface area contributed by atoms with Crippen molar-refractivity contribution in [1.29, 1.82) is 5.26 Å². The number of nitrogens with one attached hydrogen (secondary N) is 2. The van der Waals surface area contributed by atoms with Crippen molar-refractivity contribution in [1.82, 2.24) is 5.32 Å². The lowest BCUT2D eigenvalue weighted by molar-refractivity contribution is -0.117. The molecule has 84 valence electrons. The highest BCUT2D eigenvalue weighted by atomic mass is 16.2. The van der Waals surface area contributed by atoms with Crippen molar-refractivity contribution < 1.29 is 9.59 Å². The molecule has 0 fully saturated rings. The molecule has 1 aromatic carbocycles. The van der Waals surface area contributed by atoms with Crippen LogP contribution in [0.3, 0.4) is 0 Å². The Labute approximate surface area is 97.7 Å². The molecule has 0 saturated heterocycles. The SMILES string of the molecule is CNC(=O)C(C#N)=C1C(=O)Nc2ccccc21. The Kier molecular flexibility index (Phi) is 2.63. The van der Waals surface area contributed by atoms with Gasteiger partial charge < -0.3 is 10.6 Å². The molecule has 5 heteroatoms. The van der Waals surface area contributed by atoms with Gasteiger partial charge in [0, 0.05) is 18.3 Å². The molecule has 1 heterocycles. The van der Waals surface area contributed by atoms with Crippen molar-refractivity contribution in [3.63, 3.8) is 0 Å². The predicted molar refractivity (Wildman–Crippen MR) is 61.7 cm³/mol. The number of benzene rings is 1. The lowest BCUT2D eigenvalue weighted by atomic mass is 10.0. The first-order valence-electron chi connectivity index (χ1n) is 4.96. The number of fused-ring (bicyclic) bond motifs is 1. The normalized spacial score (nSPS) is 15.6. The Balaban J connectivity index is 2.67. The molecule has 1 aromatic rings. The minimum Gasteiger partial charge on any atom is -0.354 e. The number of hydrogen-bond donors (Lipinski definition) is 2. The van der Waals surface area contributed by atoms with Crippen molar-refractivity contribution in [2.24, 2.45) is 0 Å². The van der Waals surface area contributed by atoms with E-state index in [2.05, 4.69) is 10.6 Å². The second-order valence-corrected chi connectivity index (χ2v) is 3.44. The van der Waals surface area contributed by atoms with Gasteiger partial charge >= 0.3 is 0 Å². The average Bonchev–Trinajstić information content (AvgIpc) is 2.67. The summed E-state index contributed by atoms with van der Waals surface area (Å²) in [6.07, 6.45) is 0. The van der Waals surface area contributed by atoms with E-state index < -0.39 is 11.8 Å². The van der Waals surface area contributed by atoms with Gasteiger partial charge in [0.05, 0.1) is 5.57 Å². The van der Waals surface area contributed by atoms with E-state index in [1.807, 2.05) is 0 Å². The first kappa shape index (κ1) is 10.9. The van der Waals surface area contributed by atoms with E-state index in [4.69, 9.17) is 5.26 Å². The number of nitrogens with zero attached hydrogens (tertiary/aromatic N) is 1. The van der Waals surface area contributed by atoms with Gasteiger partial charge in [-0.15, -0.1) is 0 Å². The summed E-state index contributed by atoms with van der Waals surface area (Å²) < 4.78 is 0. The largest absolute Gasteiger partial charge is 0.354 e. The maximum atomic E-state index is 11.8. The summed E-state index contributed by atoms with van der Waals surface area (Å²) in [5.74, 6) is -0.985. The molecule has 1 aliphatic heterocycles. The first-order chi connectivity index (χ1) is 8.19. The molecule has 0 atom stereocenters. The van der Waals surface area contributed by atoms with Crippen LogP contribution in [0.25, 0.3) is 5.57 Å². The number of amides is 2. The topological polar surface area (TPSA) is 82.0 Å². The summed E-state index contributed by atoms with van der Waals surface area (Å²) in [6, 6.07) is 8.71. The van der Waals surface area contributed by atoms with Gasteiger partial charge in [-0.3, -0.25) is 9.59 Å². The van der Waals surface area contributed by atoms with E-state index in [9.17, 15) is 9.59 Å². The lowest BCUT2D eigenvalue weighted by Gasteiger charge is -2.01. The smallest absolute Gasteiger partial charge is 0.262 e. The maximum absolute atomic E-state index is 11.8. The summed E-state index contributed by atoms with van der Waals surface area (Å²) in [6.45, 7) is 0. The first-order valence-corrected chi connectivity index (χ1v) is 4.96. The van der Waals surface area contributed by atoms with Crippen molar-refractivity contribution in [2.45, 2.75) is 0 Å². The third-order valence-corrected chi connectivity index (χ3v) is 2.49. The van der Waals surface area contributed by atoms with Crippen LogP contribution in [0.5, 0.6) is 0 Å². The molecule has 0 spiro atoms. The van der Waals surface area contributed by atoms with Gasteiger partial charge in [-0.05, 0) is 6.07 Å². The van der Waals surface area contributed by atoms with E-state index in [1.165, 1.54) is 7.05 Å². The third kappa shape index (κ3) is 1.66. The van der Waals surface area contributed by atoms with Gasteiger partial charge in [-0.25, -0.2) is 0 Å². The van der Waals surface area contributed by atoms with Gasteiger partial charge in [0.15, 0.2) is 0 Å². The molecule has 0 aliphatic carbocycles. The van der Waals surface area contributed by atoms with Crippen LogP contribution < -0.4 is 10.6 Å². The number of nitriles is 1. The highest BCUT2D eigenvalue weighted by molar-refractivity contribution is 6.36. The van der Waals surface area contributed by atoms with Crippen LogP contribution in [-0.2, 0) is 9.59 Å². The molecule has 17 heavy (non-hydrogen) atoms. The summed E-state index contributed by atoms with van der Waals surface area (Å²) in [7, 11) is 1.42. The molecule has 2 amide bonds. The van der Waals surface area contributed by atoms with Crippen LogP contribution >= 0.6 is 0 Å². The Morgan fingerprint density at radius 2 is 2.12 bits per heavy atom. The number of para-hydroxylation sites is 1. The van der Waals surface area contributed by atoms with Crippen LogP contribution in [0.15, 0.2) is 29.8 Å². The fourth-order valence-corrected chi connectivity index (χ4v) is 1.71. The number of likely N-dealkylation sites (N-methyl/N-ethyl adjacent to an activating group) is 1. The van der Waals surface area contributed by atoms with Gasteiger partial charge in [0.25, 0.3) is 11.8 Å². The van der Waals surface area contributed by atoms with E-state index in [0.29, 0.717) is 11.3 Å². The van der Waals surface area contributed by atoms with Crippen molar-refractivity contribution in [3.05, 3.63) is 35.4 Å². The zero-order valence-corrected chi connectivity index (χ0v) is 9.07. The summed E-state index contributed by atoms with van der Waals surface area (Å²) >= 11 is 0. The highest BCUT2D eigenvalue weighted by Crippen LogP contribution is 2.33. The Morgan fingerprint density at radius 3 is 2.76 bits per heavy atom. The van der Waals surface area contributed by atoms with Crippen LogP contribution in [0.1, 0.15) is 5.56 Å².